The number of carbonyl (C=O) groups is 1. The number of halogens is 1. The molecular formula is C23H20ClN5O2. The molecule has 3 aromatic rings. The molecule has 2 N–H and O–H groups in total. The molecule has 3 heterocycles. The first-order chi connectivity index (χ1) is 15.1. The van der Waals surface area contributed by atoms with Gasteiger partial charge in [-0.05, 0) is 36.8 Å². The van der Waals surface area contributed by atoms with Gasteiger partial charge in [0.15, 0.2) is 0 Å². The van der Waals surface area contributed by atoms with Crippen LogP contribution in [-0.4, -0.2) is 29.5 Å². The van der Waals surface area contributed by atoms with Crippen molar-refractivity contribution in [2.24, 2.45) is 0 Å². The van der Waals surface area contributed by atoms with Crippen molar-refractivity contribution < 1.29 is 9.53 Å². The van der Waals surface area contributed by atoms with Crippen molar-refractivity contribution >= 4 is 46.6 Å². The Balaban J connectivity index is 1.40. The molecule has 31 heavy (non-hydrogen) atoms. The molecule has 0 saturated heterocycles. The Bertz CT molecular complexity index is 1210. The predicted molar refractivity (Wildman–Crippen MR) is 123 cm³/mol. The number of carbonyl (C=O) groups excluding carboxylic acids is 1. The van der Waals surface area contributed by atoms with E-state index in [0.717, 1.165) is 41.3 Å². The number of anilines is 4. The monoisotopic (exact) mass is 433 g/mol. The van der Waals surface area contributed by atoms with Gasteiger partial charge >= 0.3 is 0 Å². The van der Waals surface area contributed by atoms with Gasteiger partial charge in [0, 0.05) is 24.8 Å². The van der Waals surface area contributed by atoms with E-state index in [2.05, 4.69) is 26.7 Å². The first kappa shape index (κ1) is 19.4. The van der Waals surface area contributed by atoms with Crippen LogP contribution in [0.5, 0.6) is 11.5 Å². The van der Waals surface area contributed by atoms with E-state index >= 15 is 0 Å². The Labute approximate surface area is 184 Å². The molecule has 0 atom stereocenters. The van der Waals surface area contributed by atoms with E-state index in [1.165, 1.54) is 6.33 Å². The second kappa shape index (κ2) is 7.92. The number of fused-ring (bicyclic) bond motifs is 2. The Morgan fingerprint density at radius 2 is 2.10 bits per heavy atom. The Morgan fingerprint density at radius 1 is 1.19 bits per heavy atom. The standard InChI is InChI=1S/C23H20ClN5O2/c1-29-18-6-4-7-19(16(18)12-21(29)30)31-20-9-8-14(11-17(20)24)28-23-15-5-2-3-10-25-22(15)26-13-27-23/h2,4-9,11,13H,3,10,12H2,1H3,(H2,25,26,27,28). The van der Waals surface area contributed by atoms with Gasteiger partial charge in [-0.3, -0.25) is 4.79 Å². The zero-order valence-corrected chi connectivity index (χ0v) is 17.6. The third kappa shape index (κ3) is 3.68. The van der Waals surface area contributed by atoms with Gasteiger partial charge in [0.05, 0.1) is 22.7 Å². The van der Waals surface area contributed by atoms with E-state index in [9.17, 15) is 4.79 Å². The molecule has 0 fully saturated rings. The first-order valence-electron chi connectivity index (χ1n) is 9.98. The number of ether oxygens (including phenoxy) is 1. The summed E-state index contributed by atoms with van der Waals surface area (Å²) in [5, 5.41) is 7.06. The Morgan fingerprint density at radius 3 is 2.97 bits per heavy atom. The average Bonchev–Trinajstić information content (AvgIpc) is 2.93. The van der Waals surface area contributed by atoms with Gasteiger partial charge in [0.1, 0.15) is 29.5 Å². The number of likely N-dealkylation sites (N-methyl/N-ethyl adjacent to an activating group) is 1. The van der Waals surface area contributed by atoms with E-state index in [-0.39, 0.29) is 5.91 Å². The maximum atomic E-state index is 12.1. The molecule has 1 aromatic heterocycles. The third-order valence-electron chi connectivity index (χ3n) is 5.36. The maximum absolute atomic E-state index is 12.1. The summed E-state index contributed by atoms with van der Waals surface area (Å²) in [6.07, 6.45) is 6.89. The fourth-order valence-corrected chi connectivity index (χ4v) is 3.95. The highest BCUT2D eigenvalue weighted by Crippen LogP contribution is 2.39. The van der Waals surface area contributed by atoms with Gasteiger partial charge in [0.25, 0.3) is 0 Å². The zero-order chi connectivity index (χ0) is 21.4. The van der Waals surface area contributed by atoms with Crippen LogP contribution < -0.4 is 20.3 Å². The zero-order valence-electron chi connectivity index (χ0n) is 16.9. The Kier molecular flexibility index (Phi) is 4.95. The van der Waals surface area contributed by atoms with Crippen LogP contribution in [0, 0.1) is 0 Å². The molecule has 0 saturated carbocycles. The summed E-state index contributed by atoms with van der Waals surface area (Å²) in [5.41, 5.74) is 3.42. The van der Waals surface area contributed by atoms with E-state index < -0.39 is 0 Å². The van der Waals surface area contributed by atoms with Crippen LogP contribution in [0.25, 0.3) is 6.08 Å². The molecular weight excluding hydrogens is 414 g/mol. The molecule has 0 bridgehead atoms. The van der Waals surface area contributed by atoms with E-state index in [1.54, 1.807) is 24.1 Å². The minimum atomic E-state index is 0.0456. The topological polar surface area (TPSA) is 79.4 Å². The molecule has 2 aromatic carbocycles. The lowest BCUT2D eigenvalue weighted by Crippen LogP contribution is -2.20. The second-order valence-electron chi connectivity index (χ2n) is 7.36. The van der Waals surface area contributed by atoms with Crippen molar-refractivity contribution in [1.82, 2.24) is 9.97 Å². The number of benzene rings is 2. The number of hydrogen-bond donors (Lipinski definition) is 2. The highest BCUT2D eigenvalue weighted by atomic mass is 35.5. The van der Waals surface area contributed by atoms with Gasteiger partial charge in [-0.2, -0.15) is 0 Å². The van der Waals surface area contributed by atoms with Crippen molar-refractivity contribution in [1.29, 1.82) is 0 Å². The number of aromatic nitrogens is 2. The van der Waals surface area contributed by atoms with E-state index in [4.69, 9.17) is 16.3 Å². The largest absolute Gasteiger partial charge is 0.455 e. The number of nitrogens with one attached hydrogen (secondary N) is 2. The van der Waals surface area contributed by atoms with Crippen LogP contribution in [0.2, 0.25) is 5.02 Å². The lowest BCUT2D eigenvalue weighted by atomic mass is 10.1. The predicted octanol–water partition coefficient (Wildman–Crippen LogP) is 5.01. The molecule has 8 heteroatoms. The summed E-state index contributed by atoms with van der Waals surface area (Å²) in [6.45, 7) is 0.836. The van der Waals surface area contributed by atoms with E-state index in [1.807, 2.05) is 30.3 Å². The number of nitrogens with zero attached hydrogens (tertiary/aromatic N) is 3. The summed E-state index contributed by atoms with van der Waals surface area (Å²) >= 11 is 6.52. The lowest BCUT2D eigenvalue weighted by Gasteiger charge is -2.15. The third-order valence-corrected chi connectivity index (χ3v) is 5.65. The molecule has 0 radical (unpaired) electrons. The van der Waals surface area contributed by atoms with Crippen LogP contribution in [0.15, 0.2) is 48.8 Å². The average molecular weight is 434 g/mol. The van der Waals surface area contributed by atoms with Gasteiger partial charge in [-0.1, -0.05) is 29.8 Å². The molecule has 5 rings (SSSR count). The van der Waals surface area contributed by atoms with E-state index in [0.29, 0.717) is 28.8 Å². The summed E-state index contributed by atoms with van der Waals surface area (Å²) in [6, 6.07) is 11.1. The van der Waals surface area contributed by atoms with Gasteiger partial charge in [0.2, 0.25) is 5.91 Å². The van der Waals surface area contributed by atoms with Crippen molar-refractivity contribution in [3.8, 4) is 11.5 Å². The molecule has 7 nitrogen and oxygen atoms in total. The molecule has 0 aliphatic carbocycles. The van der Waals surface area contributed by atoms with Crippen molar-refractivity contribution in [2.45, 2.75) is 12.8 Å². The van der Waals surface area contributed by atoms with Crippen molar-refractivity contribution in [3.63, 3.8) is 0 Å². The highest BCUT2D eigenvalue weighted by Gasteiger charge is 2.27. The summed E-state index contributed by atoms with van der Waals surface area (Å²) in [4.78, 5) is 22.4. The second-order valence-corrected chi connectivity index (χ2v) is 7.77. The SMILES string of the molecule is CN1C(=O)Cc2c(Oc3ccc(Nc4ncnc5c4C=CCCN5)cc3Cl)cccc21. The van der Waals surface area contributed by atoms with Crippen LogP contribution in [0.3, 0.4) is 0 Å². The minimum Gasteiger partial charge on any atom is -0.455 e. The van der Waals surface area contributed by atoms with Gasteiger partial charge in [-0.15, -0.1) is 0 Å². The quantitative estimate of drug-likeness (QED) is 0.601. The number of hydrogen-bond acceptors (Lipinski definition) is 6. The van der Waals surface area contributed by atoms with Crippen LogP contribution in [0.4, 0.5) is 23.0 Å². The molecule has 2 aliphatic heterocycles. The van der Waals surface area contributed by atoms with Crippen molar-refractivity contribution in [2.75, 3.05) is 29.1 Å². The van der Waals surface area contributed by atoms with Crippen LogP contribution in [-0.2, 0) is 11.2 Å². The summed E-state index contributed by atoms with van der Waals surface area (Å²) in [7, 11) is 1.77. The fraction of sp³-hybridized carbons (Fsp3) is 0.174. The van der Waals surface area contributed by atoms with Crippen LogP contribution in [0.1, 0.15) is 17.5 Å². The molecule has 0 unspecified atom stereocenters. The van der Waals surface area contributed by atoms with Gasteiger partial charge < -0.3 is 20.3 Å². The molecule has 0 spiro atoms. The maximum Gasteiger partial charge on any atom is 0.231 e. The normalized spacial score (nSPS) is 14.5. The smallest absolute Gasteiger partial charge is 0.231 e. The number of rotatable bonds is 4. The van der Waals surface area contributed by atoms with Crippen molar-refractivity contribution in [3.05, 3.63) is 65.0 Å². The fourth-order valence-electron chi connectivity index (χ4n) is 3.73. The summed E-state index contributed by atoms with van der Waals surface area (Å²) in [5.74, 6) is 2.70. The lowest BCUT2D eigenvalue weighted by molar-refractivity contribution is -0.117. The molecule has 1 amide bonds. The van der Waals surface area contributed by atoms with Crippen LogP contribution >= 0.6 is 11.6 Å². The Hall–Kier alpha value is -3.58. The molecule has 156 valence electrons. The minimum absolute atomic E-state index is 0.0456. The van der Waals surface area contributed by atoms with Gasteiger partial charge in [-0.25, -0.2) is 9.97 Å². The number of amides is 1. The first-order valence-corrected chi connectivity index (χ1v) is 10.4. The highest BCUT2D eigenvalue weighted by molar-refractivity contribution is 6.32. The summed E-state index contributed by atoms with van der Waals surface area (Å²) < 4.78 is 6.08. The molecule has 2 aliphatic rings.